The summed E-state index contributed by atoms with van der Waals surface area (Å²) in [5.41, 5.74) is 5.29. The molecule has 1 aromatic heterocycles. The van der Waals surface area contributed by atoms with Gasteiger partial charge in [-0.3, -0.25) is 20.6 Å². The van der Waals surface area contributed by atoms with E-state index < -0.39 is 30.1 Å². The normalized spacial score (nSPS) is 12.5. The minimum atomic E-state index is -4.53. The van der Waals surface area contributed by atoms with Crippen LogP contribution in [0.1, 0.15) is 19.5 Å². The van der Waals surface area contributed by atoms with Crippen molar-refractivity contribution in [2.24, 2.45) is 10.7 Å². The van der Waals surface area contributed by atoms with Gasteiger partial charge < -0.3 is 20.7 Å². The lowest BCUT2D eigenvalue weighted by Gasteiger charge is -2.23. The van der Waals surface area contributed by atoms with Crippen LogP contribution in [0, 0.1) is 10.8 Å². The van der Waals surface area contributed by atoms with Gasteiger partial charge in [-0.2, -0.15) is 13.2 Å². The zero-order valence-corrected chi connectivity index (χ0v) is 16.0. The molecule has 0 bridgehead atoms. The van der Waals surface area contributed by atoms with E-state index in [-0.39, 0.29) is 23.4 Å². The fraction of sp³-hybridized carbons (Fsp3) is 0.353. The van der Waals surface area contributed by atoms with E-state index in [2.05, 4.69) is 15.3 Å². The molecule has 0 aliphatic rings. The van der Waals surface area contributed by atoms with Crippen LogP contribution in [-0.4, -0.2) is 60.1 Å². The van der Waals surface area contributed by atoms with Gasteiger partial charge in [0.05, 0.1) is 13.4 Å². The van der Waals surface area contributed by atoms with Gasteiger partial charge in [0.1, 0.15) is 23.6 Å². The third kappa shape index (κ3) is 7.24. The van der Waals surface area contributed by atoms with E-state index in [0.29, 0.717) is 6.21 Å². The van der Waals surface area contributed by atoms with E-state index in [1.807, 2.05) is 0 Å². The van der Waals surface area contributed by atoms with Crippen molar-refractivity contribution < 1.29 is 22.7 Å². The van der Waals surface area contributed by atoms with Crippen molar-refractivity contribution >= 4 is 30.1 Å². The number of halogens is 3. The van der Waals surface area contributed by atoms with E-state index in [9.17, 15) is 18.0 Å². The topological polar surface area (TPSA) is 141 Å². The molecule has 0 saturated carbocycles. The van der Waals surface area contributed by atoms with Gasteiger partial charge in [-0.25, -0.2) is 4.98 Å². The van der Waals surface area contributed by atoms with Gasteiger partial charge in [0.15, 0.2) is 11.7 Å². The number of nitrogens with two attached hydrogens (primary N) is 1. The minimum Gasteiger partial charge on any atom is -0.482 e. The molecule has 1 heterocycles. The Labute approximate surface area is 165 Å². The standard InChI is InChI=1S/C17H22F3N7O2/c1-10(2)27(9-21)14(22)12-5-4-6-13(25-12)26-16(28)11(15(23)29-3)7-24-8-17(18,19)20/h4-7,9-10,21-22H,8,23H2,1-3H3,(H,25,26,28). The number of amidine groups is 1. The molecule has 0 aromatic carbocycles. The molecule has 1 amide bonds. The molecule has 9 nitrogen and oxygen atoms in total. The van der Waals surface area contributed by atoms with E-state index in [1.165, 1.54) is 23.1 Å². The van der Waals surface area contributed by atoms with Crippen LogP contribution in [0.25, 0.3) is 0 Å². The molecule has 12 heteroatoms. The maximum Gasteiger partial charge on any atom is 0.407 e. The van der Waals surface area contributed by atoms with Crippen molar-refractivity contribution in [1.82, 2.24) is 9.88 Å². The Morgan fingerprint density at radius 3 is 2.62 bits per heavy atom. The van der Waals surface area contributed by atoms with Crippen LogP contribution in [0.2, 0.25) is 0 Å². The smallest absolute Gasteiger partial charge is 0.407 e. The van der Waals surface area contributed by atoms with Gasteiger partial charge in [0.2, 0.25) is 0 Å². The number of amides is 1. The second-order valence-electron chi connectivity index (χ2n) is 5.91. The Hall–Kier alpha value is -3.44. The van der Waals surface area contributed by atoms with Crippen molar-refractivity contribution in [2.75, 3.05) is 19.0 Å². The number of aliphatic imine (C=N–C) groups is 1. The first-order valence-electron chi connectivity index (χ1n) is 8.26. The zero-order chi connectivity index (χ0) is 22.2. The molecule has 0 unspecified atom stereocenters. The summed E-state index contributed by atoms with van der Waals surface area (Å²) in [5, 5.41) is 17.9. The second kappa shape index (κ2) is 10.2. The number of hydrogen-bond donors (Lipinski definition) is 4. The first-order chi connectivity index (χ1) is 13.5. The molecule has 0 radical (unpaired) electrons. The Kier molecular flexibility index (Phi) is 8.30. The molecule has 0 spiro atoms. The van der Waals surface area contributed by atoms with E-state index in [0.717, 1.165) is 13.4 Å². The highest BCUT2D eigenvalue weighted by molar-refractivity contribution is 6.18. The number of alkyl halides is 3. The Balaban J connectivity index is 3.07. The molecule has 1 aromatic rings. The molecule has 1 rings (SSSR count). The van der Waals surface area contributed by atoms with Gasteiger partial charge in [0.25, 0.3) is 5.91 Å². The molecule has 0 saturated heterocycles. The van der Waals surface area contributed by atoms with Gasteiger partial charge in [0, 0.05) is 12.3 Å². The highest BCUT2D eigenvalue weighted by Gasteiger charge is 2.26. The molecule has 0 aliphatic carbocycles. The molecule has 0 atom stereocenters. The van der Waals surface area contributed by atoms with Crippen LogP contribution in [0.15, 0.2) is 34.6 Å². The highest BCUT2D eigenvalue weighted by atomic mass is 19.4. The van der Waals surface area contributed by atoms with Crippen molar-refractivity contribution in [3.63, 3.8) is 0 Å². The number of pyridine rings is 1. The summed E-state index contributed by atoms with van der Waals surface area (Å²) >= 11 is 0. The Bertz CT molecular complexity index is 819. The van der Waals surface area contributed by atoms with Gasteiger partial charge in [-0.05, 0) is 26.0 Å². The number of nitrogens with one attached hydrogen (secondary N) is 3. The summed E-state index contributed by atoms with van der Waals surface area (Å²) in [6, 6.07) is 4.30. The zero-order valence-electron chi connectivity index (χ0n) is 16.0. The molecular weight excluding hydrogens is 391 g/mol. The largest absolute Gasteiger partial charge is 0.482 e. The van der Waals surface area contributed by atoms with Crippen LogP contribution in [0.5, 0.6) is 0 Å². The molecule has 0 aliphatic heterocycles. The predicted molar refractivity (Wildman–Crippen MR) is 103 cm³/mol. The summed E-state index contributed by atoms with van der Waals surface area (Å²) in [6.45, 7) is 2.09. The molecule has 5 N–H and O–H groups in total. The van der Waals surface area contributed by atoms with Crippen LogP contribution in [0.3, 0.4) is 0 Å². The Morgan fingerprint density at radius 1 is 1.45 bits per heavy atom. The third-order valence-electron chi connectivity index (χ3n) is 3.41. The second-order valence-corrected chi connectivity index (χ2v) is 5.91. The lowest BCUT2D eigenvalue weighted by atomic mass is 10.2. The quantitative estimate of drug-likeness (QED) is 0.224. The monoisotopic (exact) mass is 413 g/mol. The number of methoxy groups -OCH3 is 1. The maximum absolute atomic E-state index is 12.4. The van der Waals surface area contributed by atoms with Crippen molar-refractivity contribution in [1.29, 1.82) is 10.8 Å². The minimum absolute atomic E-state index is 0.0246. The number of hydrogen-bond acceptors (Lipinski definition) is 7. The number of rotatable bonds is 8. The van der Waals surface area contributed by atoms with Gasteiger partial charge in [-0.1, -0.05) is 6.07 Å². The fourth-order valence-electron chi connectivity index (χ4n) is 2.01. The number of carbonyl (C=O) groups excluding carboxylic acids is 1. The lowest BCUT2D eigenvalue weighted by molar-refractivity contribution is -0.118. The lowest BCUT2D eigenvalue weighted by Crippen LogP contribution is -2.36. The van der Waals surface area contributed by atoms with Crippen LogP contribution in [0.4, 0.5) is 19.0 Å². The van der Waals surface area contributed by atoms with E-state index >= 15 is 0 Å². The average Bonchev–Trinajstić information content (AvgIpc) is 2.64. The number of aromatic nitrogens is 1. The maximum atomic E-state index is 12.4. The van der Waals surface area contributed by atoms with Crippen molar-refractivity contribution in [3.8, 4) is 0 Å². The molecular formula is C17H22F3N7O2. The van der Waals surface area contributed by atoms with Gasteiger partial charge >= 0.3 is 6.18 Å². The molecule has 29 heavy (non-hydrogen) atoms. The van der Waals surface area contributed by atoms with Crippen molar-refractivity contribution in [2.45, 2.75) is 26.1 Å². The summed E-state index contributed by atoms with van der Waals surface area (Å²) in [5.74, 6) is -1.35. The summed E-state index contributed by atoms with van der Waals surface area (Å²) in [6.07, 6.45) is -2.88. The summed E-state index contributed by atoms with van der Waals surface area (Å²) in [7, 11) is 1.15. The number of nitrogens with zero attached hydrogens (tertiary/aromatic N) is 3. The predicted octanol–water partition coefficient (Wildman–Crippen LogP) is 2.11. The number of anilines is 1. The van der Waals surface area contributed by atoms with Crippen LogP contribution in [-0.2, 0) is 9.53 Å². The fourth-order valence-corrected chi connectivity index (χ4v) is 2.01. The van der Waals surface area contributed by atoms with Gasteiger partial charge in [-0.15, -0.1) is 0 Å². The van der Waals surface area contributed by atoms with E-state index in [4.69, 9.17) is 21.3 Å². The number of carbonyl (C=O) groups is 1. The highest BCUT2D eigenvalue weighted by Crippen LogP contribution is 2.15. The number of ether oxygens (including phenoxy) is 1. The third-order valence-corrected chi connectivity index (χ3v) is 3.41. The SMILES string of the molecule is COC(N)=C(C=NCC(F)(F)F)C(=O)Nc1cccc(C(=N)N(C=N)C(C)C)n1. The summed E-state index contributed by atoms with van der Waals surface area (Å²) in [4.78, 5) is 21.0. The summed E-state index contributed by atoms with van der Waals surface area (Å²) < 4.78 is 41.5. The first-order valence-corrected chi connectivity index (χ1v) is 8.26. The first kappa shape index (κ1) is 23.6. The Morgan fingerprint density at radius 2 is 2.10 bits per heavy atom. The molecule has 158 valence electrons. The van der Waals surface area contributed by atoms with E-state index in [1.54, 1.807) is 13.8 Å². The average molecular weight is 413 g/mol. The van der Waals surface area contributed by atoms with Crippen molar-refractivity contribution in [3.05, 3.63) is 35.3 Å². The van der Waals surface area contributed by atoms with Crippen LogP contribution >= 0.6 is 0 Å². The van der Waals surface area contributed by atoms with Crippen LogP contribution < -0.4 is 11.1 Å². The molecule has 0 fully saturated rings.